The second-order valence-corrected chi connectivity index (χ2v) is 16.1. The van der Waals surface area contributed by atoms with Crippen molar-refractivity contribution in [3.05, 3.63) is 0 Å². The number of nitrogens with zero attached hydrogens (tertiary/aromatic N) is 3. The number of hydrogen-bond acceptors (Lipinski definition) is 8. The van der Waals surface area contributed by atoms with Gasteiger partial charge in [0.05, 0.1) is 18.1 Å². The molecule has 0 aromatic rings. The predicted molar refractivity (Wildman–Crippen MR) is 215 cm³/mol. The van der Waals surface area contributed by atoms with Gasteiger partial charge in [-0.25, -0.2) is 14.4 Å². The Kier molecular flexibility index (Phi) is 19.2. The van der Waals surface area contributed by atoms with E-state index in [1.54, 1.807) is 14.7 Å². The highest BCUT2D eigenvalue weighted by molar-refractivity contribution is 5.80. The average Bonchev–Trinajstić information content (AvgIpc) is 3.89. The molecule has 0 aromatic heterocycles. The Morgan fingerprint density at radius 3 is 1.14 bits per heavy atom. The molecule has 6 unspecified atom stereocenters. The van der Waals surface area contributed by atoms with Gasteiger partial charge in [0.15, 0.2) is 0 Å². The molecule has 4 aliphatic heterocycles. The Hall–Kier alpha value is -3.86. The second-order valence-electron chi connectivity index (χ2n) is 16.1. The first-order valence-corrected chi connectivity index (χ1v) is 21.4. The first kappa shape index (κ1) is 44.8. The van der Waals surface area contributed by atoms with Crippen molar-refractivity contribution in [1.82, 2.24) is 57.2 Å². The van der Waals surface area contributed by atoms with Gasteiger partial charge in [-0.3, -0.25) is 14.4 Å². The molecular formula is C39H71N11O6. The zero-order valence-electron chi connectivity index (χ0n) is 34.2. The first-order valence-electron chi connectivity index (χ1n) is 21.4. The van der Waals surface area contributed by atoms with Crippen LogP contribution >= 0.6 is 0 Å². The second kappa shape index (κ2) is 24.0. The van der Waals surface area contributed by atoms with Gasteiger partial charge in [-0.05, 0) is 78.6 Å². The SMILES string of the molecule is CCCCCCC(=O)NC1CC2CNC(=O)N3CC(NC(=O)CCCCCNC)CC3CNC(=O)N3CC(NC(=O)CCCCCNC)CC3CNC(=O)N2C1. The quantitative estimate of drug-likeness (QED) is 0.0843. The third-order valence-electron chi connectivity index (χ3n) is 11.5. The molecule has 4 heterocycles. The van der Waals surface area contributed by atoms with E-state index < -0.39 is 0 Å². The maximum Gasteiger partial charge on any atom is 0.317 e. The van der Waals surface area contributed by atoms with E-state index in [-0.39, 0.29) is 91.7 Å². The van der Waals surface area contributed by atoms with Crippen molar-refractivity contribution in [3.63, 3.8) is 0 Å². The van der Waals surface area contributed by atoms with E-state index in [1.165, 1.54) is 0 Å². The van der Waals surface area contributed by atoms with Crippen LogP contribution in [-0.4, -0.2) is 153 Å². The molecule has 17 nitrogen and oxygen atoms in total. The fourth-order valence-electron chi connectivity index (χ4n) is 8.45. The highest BCUT2D eigenvalue weighted by Crippen LogP contribution is 2.23. The van der Waals surface area contributed by atoms with Crippen LogP contribution in [0.4, 0.5) is 14.4 Å². The average molecular weight is 790 g/mol. The summed E-state index contributed by atoms with van der Waals surface area (Å²) in [5.41, 5.74) is 0. The van der Waals surface area contributed by atoms with Crippen LogP contribution in [0, 0.1) is 0 Å². The van der Waals surface area contributed by atoms with Gasteiger partial charge in [0.1, 0.15) is 0 Å². The summed E-state index contributed by atoms with van der Waals surface area (Å²) in [6, 6.07) is -2.91. The fourth-order valence-corrected chi connectivity index (χ4v) is 8.45. The molecule has 0 aliphatic carbocycles. The lowest BCUT2D eigenvalue weighted by molar-refractivity contribution is -0.122. The number of fused-ring (bicyclic) bond motifs is 3. The number of carbonyl (C=O) groups excluding carboxylic acids is 6. The molecule has 17 heteroatoms. The number of rotatable bonds is 20. The summed E-state index contributed by atoms with van der Waals surface area (Å²) >= 11 is 0. The maximum atomic E-state index is 13.8. The summed E-state index contributed by atoms with van der Waals surface area (Å²) in [6.45, 7) is 5.38. The molecule has 0 radical (unpaired) electrons. The van der Waals surface area contributed by atoms with E-state index in [0.29, 0.717) is 58.2 Å². The van der Waals surface area contributed by atoms with E-state index in [0.717, 1.165) is 77.3 Å². The van der Waals surface area contributed by atoms with Crippen LogP contribution < -0.4 is 42.5 Å². The van der Waals surface area contributed by atoms with Crippen LogP contribution in [0.25, 0.3) is 0 Å². The van der Waals surface area contributed by atoms with Gasteiger partial charge < -0.3 is 57.2 Å². The van der Waals surface area contributed by atoms with Crippen molar-refractivity contribution in [2.24, 2.45) is 0 Å². The van der Waals surface area contributed by atoms with Crippen LogP contribution in [-0.2, 0) is 14.4 Å². The van der Waals surface area contributed by atoms with Crippen molar-refractivity contribution in [2.45, 2.75) is 146 Å². The Labute approximate surface area is 333 Å². The Morgan fingerprint density at radius 2 is 0.839 bits per heavy atom. The van der Waals surface area contributed by atoms with Crippen LogP contribution in [0.15, 0.2) is 0 Å². The van der Waals surface area contributed by atoms with Crippen LogP contribution in [0.1, 0.15) is 110 Å². The zero-order chi connectivity index (χ0) is 40.3. The van der Waals surface area contributed by atoms with E-state index in [1.807, 2.05) is 14.1 Å². The fraction of sp³-hybridized carbons (Fsp3) is 0.846. The lowest BCUT2D eigenvalue weighted by Gasteiger charge is -2.28. The van der Waals surface area contributed by atoms with Crippen molar-refractivity contribution >= 4 is 35.8 Å². The van der Waals surface area contributed by atoms with E-state index in [9.17, 15) is 28.8 Å². The number of urea groups is 3. The normalized spacial score (nSPS) is 25.6. The Morgan fingerprint density at radius 1 is 0.518 bits per heavy atom. The van der Waals surface area contributed by atoms with Gasteiger partial charge in [0.25, 0.3) is 0 Å². The van der Waals surface area contributed by atoms with Gasteiger partial charge in [-0.2, -0.15) is 0 Å². The Balaban J connectivity index is 1.45. The molecule has 0 bridgehead atoms. The highest BCUT2D eigenvalue weighted by Gasteiger charge is 2.42. The molecule has 4 fully saturated rings. The summed E-state index contributed by atoms with van der Waals surface area (Å²) < 4.78 is 0. The summed E-state index contributed by atoms with van der Waals surface area (Å²) in [5.74, 6) is -0.143. The van der Waals surface area contributed by atoms with E-state index in [2.05, 4.69) is 49.5 Å². The summed E-state index contributed by atoms with van der Waals surface area (Å²) in [6.07, 6.45) is 12.1. The minimum atomic E-state index is -0.372. The monoisotopic (exact) mass is 790 g/mol. The topological polar surface area (TPSA) is 208 Å². The van der Waals surface area contributed by atoms with Gasteiger partial charge in [-0.15, -0.1) is 0 Å². The number of amides is 9. The number of hydrogen-bond donors (Lipinski definition) is 8. The molecule has 4 aliphatic rings. The lowest BCUT2D eigenvalue weighted by atomic mass is 10.1. The molecule has 8 N–H and O–H groups in total. The largest absolute Gasteiger partial charge is 0.352 e. The van der Waals surface area contributed by atoms with Gasteiger partial charge in [-0.1, -0.05) is 39.0 Å². The van der Waals surface area contributed by atoms with Crippen LogP contribution in [0.2, 0.25) is 0 Å². The van der Waals surface area contributed by atoms with Crippen molar-refractivity contribution < 1.29 is 28.8 Å². The minimum Gasteiger partial charge on any atom is -0.352 e. The van der Waals surface area contributed by atoms with Crippen molar-refractivity contribution in [1.29, 1.82) is 0 Å². The molecule has 4 rings (SSSR count). The van der Waals surface area contributed by atoms with Crippen molar-refractivity contribution in [2.75, 3.05) is 66.5 Å². The van der Waals surface area contributed by atoms with Gasteiger partial charge in [0.2, 0.25) is 17.7 Å². The third-order valence-corrected chi connectivity index (χ3v) is 11.5. The molecule has 0 aromatic carbocycles. The molecule has 9 amide bonds. The van der Waals surface area contributed by atoms with E-state index in [4.69, 9.17) is 0 Å². The van der Waals surface area contributed by atoms with Gasteiger partial charge in [0, 0.05) is 76.7 Å². The molecule has 318 valence electrons. The molecule has 4 saturated heterocycles. The Bertz CT molecular complexity index is 1260. The van der Waals surface area contributed by atoms with Crippen molar-refractivity contribution in [3.8, 4) is 0 Å². The van der Waals surface area contributed by atoms with Gasteiger partial charge >= 0.3 is 18.1 Å². The molecule has 0 spiro atoms. The minimum absolute atomic E-state index is 0.0390. The van der Waals surface area contributed by atoms with E-state index >= 15 is 0 Å². The van der Waals surface area contributed by atoms with Crippen LogP contribution in [0.5, 0.6) is 0 Å². The number of nitrogens with one attached hydrogen (secondary N) is 8. The maximum absolute atomic E-state index is 13.8. The standard InChI is InChI=1S/C39H71N11O6/c1-4-5-6-9-14-34(51)45-28-19-31-22-42-38(55)49-26-30(47-36(53)16-11-8-13-18-41-3)21-33(49)24-44-39(56)50-27-29(46-35(52)15-10-7-12-17-40-2)20-32(50)23-43-37(54)48(31)25-28/h28-33,40-41H,4-27H2,1-3H3,(H,42,55)(H,43,54)(H,44,56)(H,45,51)(H,46,52)(H,47,53). The van der Waals surface area contributed by atoms with Crippen LogP contribution in [0.3, 0.4) is 0 Å². The molecule has 56 heavy (non-hydrogen) atoms. The number of unbranched alkanes of at least 4 members (excludes halogenated alkanes) is 7. The summed E-state index contributed by atoms with van der Waals surface area (Å²) in [7, 11) is 3.82. The molecular weight excluding hydrogens is 718 g/mol. The zero-order valence-corrected chi connectivity index (χ0v) is 34.2. The molecule has 6 atom stereocenters. The third kappa shape index (κ3) is 14.6. The summed E-state index contributed by atoms with van der Waals surface area (Å²) in [5, 5.41) is 24.7. The lowest BCUT2D eigenvalue weighted by Crippen LogP contribution is -2.52. The smallest absolute Gasteiger partial charge is 0.317 e. The summed E-state index contributed by atoms with van der Waals surface area (Å²) in [4.78, 5) is 85.0. The highest BCUT2D eigenvalue weighted by atomic mass is 16.2. The first-order chi connectivity index (χ1) is 27.1. The number of carbonyl (C=O) groups is 6. The predicted octanol–water partition coefficient (Wildman–Crippen LogP) is 1.34. The molecule has 0 saturated carbocycles.